The van der Waals surface area contributed by atoms with Crippen LogP contribution in [-0.4, -0.2) is 25.2 Å². The van der Waals surface area contributed by atoms with Crippen molar-refractivity contribution in [2.24, 2.45) is 0 Å². The number of carbonyl (C=O) groups excluding carboxylic acids is 2. The number of esters is 2. The average molecular weight is 412 g/mol. The van der Waals surface area contributed by atoms with Crippen molar-refractivity contribution in [3.8, 4) is 0 Å². The minimum atomic E-state index is -0.518. The molecule has 3 rings (SSSR count). The van der Waals surface area contributed by atoms with Crippen molar-refractivity contribution in [3.05, 3.63) is 75.3 Å². The smallest absolute Gasteiger partial charge is 0.336 e. The molecule has 0 saturated heterocycles. The molecule has 0 saturated carbocycles. The highest BCUT2D eigenvalue weighted by molar-refractivity contribution is 7.10. The molecule has 0 N–H and O–H groups in total. The molecule has 0 amide bonds. The fourth-order valence-corrected chi connectivity index (χ4v) is 4.08. The topological polar surface area (TPSA) is 55.8 Å². The summed E-state index contributed by atoms with van der Waals surface area (Å²) in [6.45, 7) is 8.13. The quantitative estimate of drug-likeness (QED) is 0.635. The van der Waals surface area contributed by atoms with Crippen LogP contribution in [0.2, 0.25) is 0 Å². The molecule has 5 nitrogen and oxygen atoms in total. The molecule has 2 aromatic rings. The number of thiophene rings is 1. The average Bonchev–Trinajstić information content (AvgIpc) is 3.24. The SMILES string of the molecule is CCOC(=O)C1=CN(c2ccc(C)c(C)c2)C=C(C(=O)OCC)C1c1cccs1. The van der Waals surface area contributed by atoms with Gasteiger partial charge in [0.25, 0.3) is 0 Å². The molecule has 152 valence electrons. The van der Waals surface area contributed by atoms with Gasteiger partial charge in [-0.2, -0.15) is 0 Å². The van der Waals surface area contributed by atoms with Gasteiger partial charge in [0.05, 0.1) is 30.3 Å². The Kier molecular flexibility index (Phi) is 6.54. The second-order valence-corrected chi connectivity index (χ2v) is 7.71. The predicted octanol–water partition coefficient (Wildman–Crippen LogP) is 4.86. The van der Waals surface area contributed by atoms with E-state index in [1.807, 2.05) is 49.6 Å². The number of ether oxygens (including phenoxy) is 2. The van der Waals surface area contributed by atoms with E-state index in [0.717, 1.165) is 16.1 Å². The number of carbonyl (C=O) groups is 2. The van der Waals surface area contributed by atoms with Crippen molar-refractivity contribution in [2.45, 2.75) is 33.6 Å². The third-order valence-electron chi connectivity index (χ3n) is 4.82. The summed E-state index contributed by atoms with van der Waals surface area (Å²) in [6.07, 6.45) is 3.52. The Morgan fingerprint density at radius 2 is 1.59 bits per heavy atom. The number of anilines is 1. The van der Waals surface area contributed by atoms with Crippen LogP contribution in [0.4, 0.5) is 5.69 Å². The Balaban J connectivity index is 2.14. The normalized spacial score (nSPS) is 14.3. The van der Waals surface area contributed by atoms with E-state index < -0.39 is 17.9 Å². The lowest BCUT2D eigenvalue weighted by Gasteiger charge is -2.30. The highest BCUT2D eigenvalue weighted by Crippen LogP contribution is 2.40. The number of hydrogen-bond donors (Lipinski definition) is 0. The molecule has 0 fully saturated rings. The first kappa shape index (κ1) is 20.9. The fourth-order valence-electron chi connectivity index (χ4n) is 3.22. The van der Waals surface area contributed by atoms with E-state index in [-0.39, 0.29) is 13.2 Å². The maximum Gasteiger partial charge on any atom is 0.336 e. The van der Waals surface area contributed by atoms with Crippen molar-refractivity contribution >= 4 is 29.0 Å². The molecule has 1 aliphatic rings. The van der Waals surface area contributed by atoms with Gasteiger partial charge in [-0.1, -0.05) is 12.1 Å². The lowest BCUT2D eigenvalue weighted by Crippen LogP contribution is -2.29. The highest BCUT2D eigenvalue weighted by atomic mass is 32.1. The van der Waals surface area contributed by atoms with Crippen LogP contribution in [0.3, 0.4) is 0 Å². The fraction of sp³-hybridized carbons (Fsp3) is 0.304. The molecule has 0 atom stereocenters. The molecule has 1 aromatic carbocycles. The maximum atomic E-state index is 12.8. The van der Waals surface area contributed by atoms with E-state index in [2.05, 4.69) is 0 Å². The van der Waals surface area contributed by atoms with Crippen molar-refractivity contribution in [2.75, 3.05) is 18.1 Å². The standard InChI is InChI=1S/C23H25NO4S/c1-5-27-22(25)18-13-24(17-10-9-15(3)16(4)12-17)14-19(23(26)28-6-2)21(18)20-8-7-11-29-20/h7-14,21H,5-6H2,1-4H3. The van der Waals surface area contributed by atoms with Gasteiger partial charge in [0.1, 0.15) is 0 Å². The number of aryl methyl sites for hydroxylation is 2. The van der Waals surface area contributed by atoms with Gasteiger partial charge >= 0.3 is 11.9 Å². The zero-order chi connectivity index (χ0) is 21.0. The van der Waals surface area contributed by atoms with Gasteiger partial charge in [-0.25, -0.2) is 9.59 Å². The van der Waals surface area contributed by atoms with Gasteiger partial charge in [0, 0.05) is 23.0 Å². The molecule has 1 aromatic heterocycles. The van der Waals surface area contributed by atoms with Gasteiger partial charge in [0.15, 0.2) is 0 Å². The third-order valence-corrected chi connectivity index (χ3v) is 5.75. The molecule has 0 unspecified atom stereocenters. The Bertz CT molecular complexity index is 923. The Morgan fingerprint density at radius 1 is 0.966 bits per heavy atom. The Morgan fingerprint density at radius 3 is 2.07 bits per heavy atom. The Hall–Kier alpha value is -2.86. The summed E-state index contributed by atoms with van der Waals surface area (Å²) in [5.74, 6) is -1.39. The molecule has 2 heterocycles. The molecule has 0 bridgehead atoms. The molecule has 29 heavy (non-hydrogen) atoms. The first-order chi connectivity index (χ1) is 14.0. The molecule has 1 aliphatic heterocycles. The second-order valence-electron chi connectivity index (χ2n) is 6.73. The third kappa shape index (κ3) is 4.43. The summed E-state index contributed by atoms with van der Waals surface area (Å²) in [5, 5.41) is 1.93. The summed E-state index contributed by atoms with van der Waals surface area (Å²) in [6, 6.07) is 9.83. The minimum Gasteiger partial charge on any atom is -0.463 e. The zero-order valence-corrected chi connectivity index (χ0v) is 17.9. The van der Waals surface area contributed by atoms with Crippen LogP contribution < -0.4 is 4.90 Å². The summed E-state index contributed by atoms with van der Waals surface area (Å²) < 4.78 is 10.6. The zero-order valence-electron chi connectivity index (χ0n) is 17.1. The molecular formula is C23H25NO4S. The van der Waals surface area contributed by atoms with Gasteiger partial charge in [-0.05, 0) is 62.4 Å². The molecule has 0 aliphatic carbocycles. The maximum absolute atomic E-state index is 12.8. The molecule has 6 heteroatoms. The van der Waals surface area contributed by atoms with Crippen LogP contribution in [0.5, 0.6) is 0 Å². The lowest BCUT2D eigenvalue weighted by molar-refractivity contribution is -0.139. The summed E-state index contributed by atoms with van der Waals surface area (Å²) >= 11 is 1.49. The van der Waals surface area contributed by atoms with E-state index in [4.69, 9.17) is 9.47 Å². The second kappa shape index (κ2) is 9.09. The Labute approximate surface area is 175 Å². The van der Waals surface area contributed by atoms with Crippen LogP contribution in [0.25, 0.3) is 0 Å². The van der Waals surface area contributed by atoms with Gasteiger partial charge < -0.3 is 14.4 Å². The van der Waals surface area contributed by atoms with Crippen molar-refractivity contribution < 1.29 is 19.1 Å². The van der Waals surface area contributed by atoms with Gasteiger partial charge in [0.2, 0.25) is 0 Å². The first-order valence-corrected chi connectivity index (χ1v) is 10.5. The van der Waals surface area contributed by atoms with E-state index in [1.54, 1.807) is 31.1 Å². The minimum absolute atomic E-state index is 0.259. The number of benzene rings is 1. The molecular weight excluding hydrogens is 386 g/mol. The lowest BCUT2D eigenvalue weighted by atomic mass is 9.87. The van der Waals surface area contributed by atoms with Crippen molar-refractivity contribution in [3.63, 3.8) is 0 Å². The van der Waals surface area contributed by atoms with E-state index in [0.29, 0.717) is 11.1 Å². The van der Waals surface area contributed by atoms with Crippen LogP contribution in [0, 0.1) is 13.8 Å². The van der Waals surface area contributed by atoms with Crippen LogP contribution in [0.15, 0.2) is 59.3 Å². The largest absolute Gasteiger partial charge is 0.463 e. The number of nitrogens with zero attached hydrogens (tertiary/aromatic N) is 1. The van der Waals surface area contributed by atoms with Crippen molar-refractivity contribution in [1.29, 1.82) is 0 Å². The summed E-state index contributed by atoms with van der Waals surface area (Å²) in [7, 11) is 0. The van der Waals surface area contributed by atoms with E-state index >= 15 is 0 Å². The summed E-state index contributed by atoms with van der Waals surface area (Å²) in [5.41, 5.74) is 3.99. The van der Waals surface area contributed by atoms with Gasteiger partial charge in [-0.3, -0.25) is 0 Å². The van der Waals surface area contributed by atoms with Gasteiger partial charge in [-0.15, -0.1) is 11.3 Å². The summed E-state index contributed by atoms with van der Waals surface area (Å²) in [4.78, 5) is 28.4. The van der Waals surface area contributed by atoms with E-state index in [9.17, 15) is 9.59 Å². The first-order valence-electron chi connectivity index (χ1n) is 9.62. The number of rotatable bonds is 6. The number of hydrogen-bond acceptors (Lipinski definition) is 6. The van der Waals surface area contributed by atoms with E-state index in [1.165, 1.54) is 16.9 Å². The molecule has 0 spiro atoms. The monoisotopic (exact) mass is 411 g/mol. The predicted molar refractivity (Wildman–Crippen MR) is 115 cm³/mol. The highest BCUT2D eigenvalue weighted by Gasteiger charge is 2.36. The van der Waals surface area contributed by atoms with Crippen molar-refractivity contribution in [1.82, 2.24) is 0 Å². The van der Waals surface area contributed by atoms with Crippen LogP contribution >= 0.6 is 11.3 Å². The van der Waals surface area contributed by atoms with Crippen LogP contribution in [0.1, 0.15) is 35.8 Å². The molecule has 0 radical (unpaired) electrons. The van der Waals surface area contributed by atoms with Crippen LogP contribution in [-0.2, 0) is 19.1 Å².